The third kappa shape index (κ3) is 3.83. The van der Waals surface area contributed by atoms with Gasteiger partial charge < -0.3 is 24.3 Å². The number of hydrogen-bond donors (Lipinski definition) is 1. The molecule has 1 amide bonds. The molecule has 0 bridgehead atoms. The Balaban J connectivity index is 1.24. The molecular weight excluding hydrogens is 372 g/mol. The highest BCUT2D eigenvalue weighted by Crippen LogP contribution is 2.42. The molecule has 0 aromatic heterocycles. The van der Waals surface area contributed by atoms with Crippen molar-refractivity contribution in [3.8, 4) is 11.5 Å². The van der Waals surface area contributed by atoms with Crippen LogP contribution in [-0.2, 0) is 19.8 Å². The third-order valence-electron chi connectivity index (χ3n) is 6.73. The molecule has 3 aliphatic heterocycles. The van der Waals surface area contributed by atoms with Crippen LogP contribution in [0.3, 0.4) is 0 Å². The highest BCUT2D eigenvalue weighted by Gasteiger charge is 2.41. The summed E-state index contributed by atoms with van der Waals surface area (Å²) in [6.07, 6.45) is 5.82. The van der Waals surface area contributed by atoms with E-state index >= 15 is 0 Å². The summed E-state index contributed by atoms with van der Waals surface area (Å²) in [5, 5.41) is 3.38. The fourth-order valence-corrected chi connectivity index (χ4v) is 5.15. The van der Waals surface area contributed by atoms with Gasteiger partial charge >= 0.3 is 0 Å². The maximum Gasteiger partial charge on any atom is 0.234 e. The van der Waals surface area contributed by atoms with E-state index in [4.69, 9.17) is 18.9 Å². The molecule has 3 fully saturated rings. The van der Waals surface area contributed by atoms with Crippen LogP contribution in [0, 0.1) is 0 Å². The summed E-state index contributed by atoms with van der Waals surface area (Å²) in [7, 11) is 0. The molecule has 0 unspecified atom stereocenters. The van der Waals surface area contributed by atoms with E-state index in [9.17, 15) is 4.79 Å². The van der Waals surface area contributed by atoms with E-state index in [0.717, 1.165) is 68.7 Å². The lowest BCUT2D eigenvalue weighted by Gasteiger charge is -2.38. The zero-order valence-electron chi connectivity index (χ0n) is 16.9. The van der Waals surface area contributed by atoms with Gasteiger partial charge in [0.05, 0.1) is 25.3 Å². The first-order valence-electron chi connectivity index (χ1n) is 10.9. The number of benzene rings is 1. The molecule has 7 heteroatoms. The largest absolute Gasteiger partial charge is 0.486 e. The van der Waals surface area contributed by atoms with Gasteiger partial charge in [0.25, 0.3) is 0 Å². The van der Waals surface area contributed by atoms with Crippen LogP contribution in [0.1, 0.15) is 44.1 Å². The van der Waals surface area contributed by atoms with Crippen molar-refractivity contribution in [2.75, 3.05) is 46.1 Å². The maximum absolute atomic E-state index is 13.0. The van der Waals surface area contributed by atoms with Gasteiger partial charge in [-0.25, -0.2) is 0 Å². The summed E-state index contributed by atoms with van der Waals surface area (Å²) in [6.45, 7) is 4.58. The SMILES string of the molecule is O=C(CN1CCC2(CC1)OCCO2)NC1(c2ccc3c(c2)OCCO3)CCCC1. The fourth-order valence-electron chi connectivity index (χ4n) is 5.15. The van der Waals surface area contributed by atoms with Crippen LogP contribution in [0.5, 0.6) is 11.5 Å². The average Bonchev–Trinajstić information content (AvgIpc) is 3.40. The zero-order valence-corrected chi connectivity index (χ0v) is 16.9. The Morgan fingerprint density at radius 1 is 0.931 bits per heavy atom. The van der Waals surface area contributed by atoms with Crippen molar-refractivity contribution >= 4 is 5.91 Å². The number of piperidine rings is 1. The molecule has 158 valence electrons. The summed E-state index contributed by atoms with van der Waals surface area (Å²) in [6, 6.07) is 6.11. The van der Waals surface area contributed by atoms with Crippen LogP contribution in [0.4, 0.5) is 0 Å². The predicted molar refractivity (Wildman–Crippen MR) is 106 cm³/mol. The van der Waals surface area contributed by atoms with Crippen molar-refractivity contribution in [1.82, 2.24) is 10.2 Å². The van der Waals surface area contributed by atoms with E-state index in [1.54, 1.807) is 0 Å². The van der Waals surface area contributed by atoms with Gasteiger partial charge in [-0.3, -0.25) is 9.69 Å². The number of ether oxygens (including phenoxy) is 4. The Kier molecular flexibility index (Phi) is 5.14. The summed E-state index contributed by atoms with van der Waals surface area (Å²) < 4.78 is 23.0. The van der Waals surface area contributed by atoms with E-state index in [2.05, 4.69) is 22.3 Å². The van der Waals surface area contributed by atoms with Gasteiger partial charge in [-0.1, -0.05) is 18.9 Å². The Morgan fingerprint density at radius 3 is 2.34 bits per heavy atom. The Bertz CT molecular complexity index is 746. The molecule has 1 spiro atoms. The summed E-state index contributed by atoms with van der Waals surface area (Å²) in [5.74, 6) is 1.27. The molecule has 2 saturated heterocycles. The molecule has 7 nitrogen and oxygen atoms in total. The van der Waals surface area contributed by atoms with Crippen LogP contribution >= 0.6 is 0 Å². The van der Waals surface area contributed by atoms with E-state index < -0.39 is 5.79 Å². The molecule has 0 radical (unpaired) electrons. The van der Waals surface area contributed by atoms with Crippen molar-refractivity contribution in [3.63, 3.8) is 0 Å². The van der Waals surface area contributed by atoms with Crippen LogP contribution < -0.4 is 14.8 Å². The Morgan fingerprint density at radius 2 is 1.62 bits per heavy atom. The minimum atomic E-state index is -0.398. The van der Waals surface area contributed by atoms with Crippen molar-refractivity contribution in [2.24, 2.45) is 0 Å². The normalized spacial score (nSPS) is 25.2. The molecule has 1 aromatic carbocycles. The lowest BCUT2D eigenvalue weighted by Crippen LogP contribution is -2.51. The number of carbonyl (C=O) groups is 1. The molecular formula is C22H30N2O5. The third-order valence-corrected chi connectivity index (χ3v) is 6.73. The molecule has 3 heterocycles. The summed E-state index contributed by atoms with van der Waals surface area (Å²) in [5.41, 5.74) is 0.819. The molecule has 29 heavy (non-hydrogen) atoms. The second kappa shape index (κ2) is 7.78. The minimum absolute atomic E-state index is 0.0889. The highest BCUT2D eigenvalue weighted by atomic mass is 16.7. The van der Waals surface area contributed by atoms with Gasteiger partial charge in [0.1, 0.15) is 13.2 Å². The number of hydrogen-bond acceptors (Lipinski definition) is 6. The first-order chi connectivity index (χ1) is 14.2. The van der Waals surface area contributed by atoms with Crippen LogP contribution in [-0.4, -0.2) is 62.7 Å². The number of carbonyl (C=O) groups excluding carboxylic acids is 1. The number of likely N-dealkylation sites (tertiary alicyclic amines) is 1. The molecule has 5 rings (SSSR count). The van der Waals surface area contributed by atoms with Gasteiger partial charge in [-0.15, -0.1) is 0 Å². The predicted octanol–water partition coefficient (Wildman–Crippen LogP) is 2.18. The summed E-state index contributed by atoms with van der Waals surface area (Å²) in [4.78, 5) is 15.2. The second-order valence-corrected chi connectivity index (χ2v) is 8.58. The van der Waals surface area contributed by atoms with Crippen molar-refractivity contribution in [2.45, 2.75) is 49.9 Å². The number of rotatable bonds is 4. The minimum Gasteiger partial charge on any atom is -0.486 e. The highest BCUT2D eigenvalue weighted by molar-refractivity contribution is 5.79. The molecule has 1 aromatic rings. The monoisotopic (exact) mass is 402 g/mol. The van der Waals surface area contributed by atoms with Crippen molar-refractivity contribution in [1.29, 1.82) is 0 Å². The van der Waals surface area contributed by atoms with Gasteiger partial charge in [-0.2, -0.15) is 0 Å². The number of fused-ring (bicyclic) bond motifs is 1. The van der Waals surface area contributed by atoms with Crippen LogP contribution in [0.2, 0.25) is 0 Å². The molecule has 1 saturated carbocycles. The topological polar surface area (TPSA) is 69.3 Å². The quantitative estimate of drug-likeness (QED) is 0.833. The van der Waals surface area contributed by atoms with E-state index in [1.165, 1.54) is 0 Å². The van der Waals surface area contributed by atoms with Gasteiger partial charge in [0, 0.05) is 25.9 Å². The molecule has 0 atom stereocenters. The smallest absolute Gasteiger partial charge is 0.234 e. The fraction of sp³-hybridized carbons (Fsp3) is 0.682. The Hall–Kier alpha value is -1.83. The lowest BCUT2D eigenvalue weighted by atomic mass is 9.87. The van der Waals surface area contributed by atoms with E-state index in [0.29, 0.717) is 33.0 Å². The average molecular weight is 402 g/mol. The number of amides is 1. The van der Waals surface area contributed by atoms with Crippen LogP contribution in [0.15, 0.2) is 18.2 Å². The van der Waals surface area contributed by atoms with E-state index in [1.807, 2.05) is 6.07 Å². The Labute approximate surface area is 171 Å². The molecule has 4 aliphatic rings. The van der Waals surface area contributed by atoms with Gasteiger partial charge in [0.15, 0.2) is 17.3 Å². The number of nitrogens with one attached hydrogen (secondary N) is 1. The maximum atomic E-state index is 13.0. The number of nitrogens with zero attached hydrogens (tertiary/aromatic N) is 1. The molecule has 1 aliphatic carbocycles. The lowest BCUT2D eigenvalue weighted by molar-refractivity contribution is -0.185. The first-order valence-corrected chi connectivity index (χ1v) is 10.9. The van der Waals surface area contributed by atoms with Crippen LogP contribution in [0.25, 0.3) is 0 Å². The molecule has 1 N–H and O–H groups in total. The standard InChI is InChI=1S/C22H30N2O5/c25-20(16-24-9-7-22(8-10-24)28-13-14-29-22)23-21(5-1-2-6-21)17-3-4-18-19(15-17)27-12-11-26-18/h3-4,15H,1-2,5-14,16H2,(H,23,25). The zero-order chi connectivity index (χ0) is 19.7. The van der Waals surface area contributed by atoms with Crippen molar-refractivity contribution < 1.29 is 23.7 Å². The van der Waals surface area contributed by atoms with E-state index in [-0.39, 0.29) is 11.4 Å². The second-order valence-electron chi connectivity index (χ2n) is 8.58. The first kappa shape index (κ1) is 19.2. The van der Waals surface area contributed by atoms with Gasteiger partial charge in [-0.05, 0) is 30.5 Å². The summed E-state index contributed by atoms with van der Waals surface area (Å²) >= 11 is 0. The van der Waals surface area contributed by atoms with Gasteiger partial charge in [0.2, 0.25) is 5.91 Å². The van der Waals surface area contributed by atoms with Crippen molar-refractivity contribution in [3.05, 3.63) is 23.8 Å².